The number of fused-ring (bicyclic) bond motifs is 5. The van der Waals surface area contributed by atoms with Crippen LogP contribution >= 0.6 is 0 Å². The Morgan fingerprint density at radius 1 is 0.886 bits per heavy atom. The summed E-state index contributed by atoms with van der Waals surface area (Å²) < 4.78 is 7.44. The average Bonchev–Trinajstić information content (AvgIpc) is 3.22. The first-order valence-corrected chi connectivity index (χ1v) is 11.9. The van der Waals surface area contributed by atoms with Gasteiger partial charge in [0.25, 0.3) is 0 Å². The van der Waals surface area contributed by atoms with Gasteiger partial charge in [-0.25, -0.2) is 4.79 Å². The highest BCUT2D eigenvalue weighted by Gasteiger charge is 2.25. The summed E-state index contributed by atoms with van der Waals surface area (Å²) in [6, 6.07) is 23.4. The van der Waals surface area contributed by atoms with E-state index in [-0.39, 0.29) is 18.9 Å². The SMILES string of the molecule is CN1CCc2nc3ccccc3c(C(=O)OCCC(=O)n3c4ccccc4c4ccccc43)c2C1. The molecule has 0 spiro atoms. The van der Waals surface area contributed by atoms with Gasteiger partial charge < -0.3 is 9.64 Å². The molecule has 0 amide bonds. The Morgan fingerprint density at radius 2 is 1.51 bits per heavy atom. The van der Waals surface area contributed by atoms with Crippen molar-refractivity contribution in [1.82, 2.24) is 14.5 Å². The summed E-state index contributed by atoms with van der Waals surface area (Å²) >= 11 is 0. The molecule has 0 N–H and O–H groups in total. The molecule has 1 aliphatic rings. The van der Waals surface area contributed by atoms with Crippen molar-refractivity contribution in [3.05, 3.63) is 89.6 Å². The largest absolute Gasteiger partial charge is 0.462 e. The Labute approximate surface area is 202 Å². The van der Waals surface area contributed by atoms with Gasteiger partial charge in [0.1, 0.15) is 6.61 Å². The molecule has 3 aromatic carbocycles. The van der Waals surface area contributed by atoms with Crippen LogP contribution < -0.4 is 0 Å². The Kier molecular flexibility index (Phi) is 5.30. The number of hydrogen-bond acceptors (Lipinski definition) is 5. The van der Waals surface area contributed by atoms with Crippen LogP contribution in [0.25, 0.3) is 32.7 Å². The molecule has 6 rings (SSSR count). The Balaban J connectivity index is 1.28. The van der Waals surface area contributed by atoms with Crippen molar-refractivity contribution >= 4 is 44.6 Å². The Morgan fingerprint density at radius 3 is 2.23 bits per heavy atom. The molecule has 3 heterocycles. The number of likely N-dealkylation sites (N-methyl/N-ethyl adjacent to an activating group) is 1. The maximum atomic E-state index is 13.3. The van der Waals surface area contributed by atoms with Gasteiger partial charge in [0.2, 0.25) is 5.91 Å². The van der Waals surface area contributed by atoms with E-state index in [2.05, 4.69) is 4.90 Å². The molecule has 0 unspecified atom stereocenters. The van der Waals surface area contributed by atoms with Crippen LogP contribution in [0.2, 0.25) is 0 Å². The molecule has 1 aliphatic heterocycles. The number of para-hydroxylation sites is 3. The third-order valence-electron chi connectivity index (χ3n) is 6.82. The monoisotopic (exact) mass is 463 g/mol. The van der Waals surface area contributed by atoms with Crippen molar-refractivity contribution in [2.24, 2.45) is 0 Å². The first kappa shape index (κ1) is 21.5. The lowest BCUT2D eigenvalue weighted by molar-refractivity contribution is 0.0490. The molecular formula is C29H25N3O3. The van der Waals surface area contributed by atoms with Crippen LogP contribution in [0, 0.1) is 0 Å². The number of nitrogens with zero attached hydrogens (tertiary/aromatic N) is 3. The van der Waals surface area contributed by atoms with Crippen LogP contribution in [0.3, 0.4) is 0 Å². The molecule has 0 aliphatic carbocycles. The highest BCUT2D eigenvalue weighted by molar-refractivity contribution is 6.13. The smallest absolute Gasteiger partial charge is 0.339 e. The zero-order valence-electron chi connectivity index (χ0n) is 19.5. The second-order valence-corrected chi connectivity index (χ2v) is 9.07. The van der Waals surface area contributed by atoms with Gasteiger partial charge in [-0.15, -0.1) is 0 Å². The number of carbonyl (C=O) groups is 2. The minimum Gasteiger partial charge on any atom is -0.462 e. The van der Waals surface area contributed by atoms with E-state index in [1.54, 1.807) is 4.57 Å². The highest BCUT2D eigenvalue weighted by atomic mass is 16.5. The number of benzene rings is 3. The molecule has 35 heavy (non-hydrogen) atoms. The molecule has 6 nitrogen and oxygen atoms in total. The van der Waals surface area contributed by atoms with Crippen LogP contribution in [-0.4, -0.2) is 46.5 Å². The van der Waals surface area contributed by atoms with Gasteiger partial charge in [-0.1, -0.05) is 54.6 Å². The first-order chi connectivity index (χ1) is 17.1. The first-order valence-electron chi connectivity index (χ1n) is 11.9. The molecule has 0 saturated carbocycles. The summed E-state index contributed by atoms with van der Waals surface area (Å²) in [6.45, 7) is 1.57. The van der Waals surface area contributed by atoms with Crippen LogP contribution in [0.4, 0.5) is 0 Å². The van der Waals surface area contributed by atoms with Crippen molar-refractivity contribution in [2.75, 3.05) is 20.2 Å². The lowest BCUT2D eigenvalue weighted by Gasteiger charge is -2.26. The molecule has 2 aromatic heterocycles. The lowest BCUT2D eigenvalue weighted by Crippen LogP contribution is -2.29. The van der Waals surface area contributed by atoms with E-state index in [1.165, 1.54) is 0 Å². The predicted octanol–water partition coefficient (Wildman–Crippen LogP) is 5.22. The van der Waals surface area contributed by atoms with E-state index in [1.807, 2.05) is 79.8 Å². The fourth-order valence-electron chi connectivity index (χ4n) is 5.16. The molecule has 0 radical (unpaired) electrons. The third kappa shape index (κ3) is 3.67. The average molecular weight is 464 g/mol. The standard InChI is InChI=1S/C29H25N3O3/c1-31-16-14-24-22(18-31)28(21-10-2-5-11-23(21)30-24)29(34)35-17-15-27(33)32-25-12-6-3-8-19(25)20-9-4-7-13-26(20)32/h2-13H,14-18H2,1H3. The van der Waals surface area contributed by atoms with E-state index in [4.69, 9.17) is 9.72 Å². The number of rotatable bonds is 4. The van der Waals surface area contributed by atoms with Crippen molar-refractivity contribution < 1.29 is 14.3 Å². The molecule has 6 heteroatoms. The van der Waals surface area contributed by atoms with Gasteiger partial charge in [-0.2, -0.15) is 0 Å². The van der Waals surface area contributed by atoms with Crippen LogP contribution in [0.15, 0.2) is 72.8 Å². The number of hydrogen-bond donors (Lipinski definition) is 0. The fourth-order valence-corrected chi connectivity index (χ4v) is 5.16. The zero-order valence-corrected chi connectivity index (χ0v) is 19.5. The second-order valence-electron chi connectivity index (χ2n) is 9.07. The van der Waals surface area contributed by atoms with Gasteiger partial charge in [0, 0.05) is 46.9 Å². The normalized spacial score (nSPS) is 13.9. The molecule has 0 fully saturated rings. The van der Waals surface area contributed by atoms with Gasteiger partial charge >= 0.3 is 5.97 Å². The topological polar surface area (TPSA) is 64.4 Å². The van der Waals surface area contributed by atoms with Crippen LogP contribution in [0.5, 0.6) is 0 Å². The van der Waals surface area contributed by atoms with E-state index >= 15 is 0 Å². The maximum absolute atomic E-state index is 13.3. The predicted molar refractivity (Wildman–Crippen MR) is 137 cm³/mol. The quantitative estimate of drug-likeness (QED) is 0.342. The van der Waals surface area contributed by atoms with Crippen LogP contribution in [0.1, 0.15) is 32.8 Å². The Bertz CT molecular complexity index is 1570. The van der Waals surface area contributed by atoms with Crippen molar-refractivity contribution in [1.29, 1.82) is 0 Å². The van der Waals surface area contributed by atoms with Gasteiger partial charge in [0.15, 0.2) is 0 Å². The molecule has 174 valence electrons. The molecule has 0 saturated heterocycles. The van der Waals surface area contributed by atoms with E-state index in [0.29, 0.717) is 12.1 Å². The van der Waals surface area contributed by atoms with E-state index < -0.39 is 5.97 Å². The van der Waals surface area contributed by atoms with E-state index in [0.717, 1.165) is 56.9 Å². The third-order valence-corrected chi connectivity index (χ3v) is 6.82. The number of pyridine rings is 1. The number of carbonyl (C=O) groups excluding carboxylic acids is 2. The number of aromatic nitrogens is 2. The van der Waals surface area contributed by atoms with E-state index in [9.17, 15) is 9.59 Å². The summed E-state index contributed by atoms with van der Waals surface area (Å²) in [6.07, 6.45) is 0.892. The van der Waals surface area contributed by atoms with Gasteiger partial charge in [-0.3, -0.25) is 14.3 Å². The number of esters is 1. The number of ether oxygens (including phenoxy) is 1. The summed E-state index contributed by atoms with van der Waals surface area (Å²) in [5, 5.41) is 2.86. The summed E-state index contributed by atoms with van der Waals surface area (Å²) in [5.74, 6) is -0.498. The maximum Gasteiger partial charge on any atom is 0.339 e. The minimum atomic E-state index is -0.398. The van der Waals surface area contributed by atoms with Gasteiger partial charge in [-0.05, 0) is 25.2 Å². The van der Waals surface area contributed by atoms with Crippen molar-refractivity contribution in [2.45, 2.75) is 19.4 Å². The molecule has 0 bridgehead atoms. The minimum absolute atomic E-state index is 0.0137. The lowest BCUT2D eigenvalue weighted by atomic mass is 9.96. The second kappa shape index (κ2) is 8.64. The van der Waals surface area contributed by atoms with Crippen molar-refractivity contribution in [3.63, 3.8) is 0 Å². The summed E-state index contributed by atoms with van der Waals surface area (Å²) in [7, 11) is 2.04. The summed E-state index contributed by atoms with van der Waals surface area (Å²) in [5.41, 5.74) is 4.97. The molecule has 5 aromatic rings. The molecular weight excluding hydrogens is 438 g/mol. The Hall–Kier alpha value is -4.03. The zero-order chi connectivity index (χ0) is 23.9. The van der Waals surface area contributed by atoms with Gasteiger partial charge in [0.05, 0.1) is 28.5 Å². The van der Waals surface area contributed by atoms with Crippen LogP contribution in [-0.2, 0) is 17.7 Å². The fraction of sp³-hybridized carbons (Fsp3) is 0.207. The highest BCUT2D eigenvalue weighted by Crippen LogP contribution is 2.30. The van der Waals surface area contributed by atoms with Crippen molar-refractivity contribution in [3.8, 4) is 0 Å². The summed E-state index contributed by atoms with van der Waals surface area (Å²) in [4.78, 5) is 33.6. The molecule has 0 atom stereocenters.